The SMILES string of the molecule is Cc1cc(C)c2sc(N3CCN(C(=O)C4CCCN4S(=O)(=O)c4ccc(F)cc4)CC3)nc2c1. The molecule has 0 bridgehead atoms. The first-order valence-corrected chi connectivity index (χ1v) is 13.7. The number of hydrogen-bond donors (Lipinski definition) is 0. The van der Waals surface area contributed by atoms with Crippen molar-refractivity contribution in [2.75, 3.05) is 37.6 Å². The molecule has 7 nitrogen and oxygen atoms in total. The van der Waals surface area contributed by atoms with E-state index in [-0.39, 0.29) is 10.8 Å². The number of hydrogen-bond acceptors (Lipinski definition) is 6. The van der Waals surface area contributed by atoms with Crippen molar-refractivity contribution in [2.45, 2.75) is 37.6 Å². The molecule has 0 saturated carbocycles. The first-order valence-electron chi connectivity index (χ1n) is 11.4. The van der Waals surface area contributed by atoms with Crippen LogP contribution in [-0.4, -0.2) is 67.3 Å². The van der Waals surface area contributed by atoms with Gasteiger partial charge < -0.3 is 9.80 Å². The Hall–Kier alpha value is -2.56. The van der Waals surface area contributed by atoms with Gasteiger partial charge in [0.1, 0.15) is 11.9 Å². The number of carbonyl (C=O) groups excluding carboxylic acids is 1. The van der Waals surface area contributed by atoms with Gasteiger partial charge in [0.25, 0.3) is 0 Å². The zero-order valence-corrected chi connectivity index (χ0v) is 20.8. The highest BCUT2D eigenvalue weighted by Gasteiger charge is 2.41. The number of carbonyl (C=O) groups is 1. The lowest BCUT2D eigenvalue weighted by Crippen LogP contribution is -2.54. The van der Waals surface area contributed by atoms with E-state index in [1.54, 1.807) is 16.2 Å². The number of nitrogens with zero attached hydrogens (tertiary/aromatic N) is 4. The van der Waals surface area contributed by atoms with E-state index in [1.165, 1.54) is 32.3 Å². The smallest absolute Gasteiger partial charge is 0.243 e. The number of piperazine rings is 1. The molecule has 180 valence electrons. The molecule has 1 aromatic heterocycles. The van der Waals surface area contributed by atoms with Crippen LogP contribution in [0.5, 0.6) is 0 Å². The lowest BCUT2D eigenvalue weighted by atomic mass is 10.1. The van der Waals surface area contributed by atoms with Crippen LogP contribution in [0.1, 0.15) is 24.0 Å². The van der Waals surface area contributed by atoms with Gasteiger partial charge in [-0.3, -0.25) is 4.79 Å². The molecule has 1 atom stereocenters. The van der Waals surface area contributed by atoms with E-state index >= 15 is 0 Å². The standard InChI is InChI=1S/C24H27FN4O3S2/c1-16-14-17(2)22-20(15-16)26-24(33-22)28-12-10-27(11-13-28)23(30)21-4-3-9-29(21)34(31,32)19-7-5-18(25)6-8-19/h5-8,14-15,21H,3-4,9-13H2,1-2H3. The van der Waals surface area contributed by atoms with Gasteiger partial charge in [-0.1, -0.05) is 17.4 Å². The van der Waals surface area contributed by atoms with Crippen LogP contribution in [-0.2, 0) is 14.8 Å². The number of benzene rings is 2. The minimum atomic E-state index is -3.86. The van der Waals surface area contributed by atoms with Crippen LogP contribution in [0, 0.1) is 19.7 Å². The zero-order chi connectivity index (χ0) is 24.0. The molecular formula is C24H27FN4O3S2. The third kappa shape index (κ3) is 4.18. The number of anilines is 1. The van der Waals surface area contributed by atoms with Gasteiger partial charge in [0, 0.05) is 32.7 Å². The minimum Gasteiger partial charge on any atom is -0.345 e. The van der Waals surface area contributed by atoms with Crippen LogP contribution >= 0.6 is 11.3 Å². The van der Waals surface area contributed by atoms with Gasteiger partial charge in [-0.2, -0.15) is 4.31 Å². The van der Waals surface area contributed by atoms with E-state index < -0.39 is 21.9 Å². The molecule has 2 aromatic carbocycles. The summed E-state index contributed by atoms with van der Waals surface area (Å²) in [7, 11) is -3.86. The van der Waals surface area contributed by atoms with Crippen molar-refractivity contribution in [3.8, 4) is 0 Å². The minimum absolute atomic E-state index is 0.0137. The third-order valence-electron chi connectivity index (χ3n) is 6.58. The van der Waals surface area contributed by atoms with E-state index in [0.29, 0.717) is 45.6 Å². The van der Waals surface area contributed by atoms with Gasteiger partial charge >= 0.3 is 0 Å². The molecule has 1 amide bonds. The molecule has 34 heavy (non-hydrogen) atoms. The fourth-order valence-corrected chi connectivity index (χ4v) is 7.56. The molecule has 2 saturated heterocycles. The summed E-state index contributed by atoms with van der Waals surface area (Å²) in [4.78, 5) is 22.1. The maximum atomic E-state index is 13.3. The summed E-state index contributed by atoms with van der Waals surface area (Å²) in [6.45, 7) is 6.81. The lowest BCUT2D eigenvalue weighted by Gasteiger charge is -2.37. The first kappa shape index (κ1) is 23.2. The van der Waals surface area contributed by atoms with Gasteiger partial charge in [0.15, 0.2) is 5.13 Å². The number of aromatic nitrogens is 1. The van der Waals surface area contributed by atoms with Crippen molar-refractivity contribution >= 4 is 42.6 Å². The summed E-state index contributed by atoms with van der Waals surface area (Å²) in [5.41, 5.74) is 3.41. The quantitative estimate of drug-likeness (QED) is 0.546. The third-order valence-corrected chi connectivity index (χ3v) is 9.77. The number of aryl methyl sites for hydroxylation is 2. The van der Waals surface area contributed by atoms with Gasteiger partial charge in [-0.25, -0.2) is 17.8 Å². The molecule has 3 heterocycles. The second kappa shape index (κ2) is 8.90. The van der Waals surface area contributed by atoms with Crippen molar-refractivity contribution in [1.82, 2.24) is 14.2 Å². The molecule has 0 aliphatic carbocycles. The van der Waals surface area contributed by atoms with Crippen molar-refractivity contribution in [3.05, 3.63) is 53.3 Å². The largest absolute Gasteiger partial charge is 0.345 e. The molecular weight excluding hydrogens is 475 g/mol. The zero-order valence-electron chi connectivity index (χ0n) is 19.2. The molecule has 0 spiro atoms. The van der Waals surface area contributed by atoms with Crippen LogP contribution in [0.4, 0.5) is 9.52 Å². The van der Waals surface area contributed by atoms with Crippen LogP contribution in [0.2, 0.25) is 0 Å². The number of sulfonamides is 1. The summed E-state index contributed by atoms with van der Waals surface area (Å²) in [6.07, 6.45) is 1.12. The summed E-state index contributed by atoms with van der Waals surface area (Å²) in [6, 6.07) is 8.31. The number of thiazole rings is 1. The average molecular weight is 503 g/mol. The van der Waals surface area contributed by atoms with E-state index in [9.17, 15) is 17.6 Å². The van der Waals surface area contributed by atoms with Crippen LogP contribution < -0.4 is 4.90 Å². The Morgan fingerprint density at radius 1 is 1.06 bits per heavy atom. The second-order valence-corrected chi connectivity index (χ2v) is 11.8. The Labute approximate surface area is 202 Å². The van der Waals surface area contributed by atoms with Crippen molar-refractivity contribution < 1.29 is 17.6 Å². The van der Waals surface area contributed by atoms with E-state index in [4.69, 9.17) is 4.98 Å². The average Bonchev–Trinajstić information content (AvgIpc) is 3.47. The maximum Gasteiger partial charge on any atom is 0.243 e. The predicted octanol–water partition coefficient (Wildman–Crippen LogP) is 3.55. The van der Waals surface area contributed by atoms with Gasteiger partial charge in [0.2, 0.25) is 15.9 Å². The molecule has 5 rings (SSSR count). The number of rotatable bonds is 4. The van der Waals surface area contributed by atoms with Gasteiger partial charge in [-0.15, -0.1) is 0 Å². The van der Waals surface area contributed by atoms with Crippen molar-refractivity contribution in [1.29, 1.82) is 0 Å². The highest BCUT2D eigenvalue weighted by atomic mass is 32.2. The van der Waals surface area contributed by atoms with Crippen molar-refractivity contribution in [2.24, 2.45) is 0 Å². The Morgan fingerprint density at radius 2 is 1.76 bits per heavy atom. The Balaban J connectivity index is 1.28. The van der Waals surface area contributed by atoms with E-state index in [0.717, 1.165) is 22.8 Å². The number of fused-ring (bicyclic) bond motifs is 1. The van der Waals surface area contributed by atoms with Crippen LogP contribution in [0.15, 0.2) is 41.3 Å². The summed E-state index contributed by atoms with van der Waals surface area (Å²) in [5.74, 6) is -0.650. The number of halogens is 1. The van der Waals surface area contributed by atoms with E-state index in [1.807, 2.05) is 0 Å². The van der Waals surface area contributed by atoms with E-state index in [2.05, 4.69) is 30.9 Å². The molecule has 2 aliphatic heterocycles. The van der Waals surface area contributed by atoms with Gasteiger partial charge in [0.05, 0.1) is 15.1 Å². The van der Waals surface area contributed by atoms with Crippen LogP contribution in [0.25, 0.3) is 10.2 Å². The first-order chi connectivity index (χ1) is 16.2. The Kier molecular flexibility index (Phi) is 6.07. The highest BCUT2D eigenvalue weighted by Crippen LogP contribution is 2.33. The molecule has 10 heteroatoms. The molecule has 1 unspecified atom stereocenters. The summed E-state index contributed by atoms with van der Waals surface area (Å²) >= 11 is 1.67. The molecule has 2 fully saturated rings. The fraction of sp³-hybridized carbons (Fsp3) is 0.417. The predicted molar refractivity (Wildman–Crippen MR) is 131 cm³/mol. The van der Waals surface area contributed by atoms with Gasteiger partial charge in [-0.05, 0) is 68.1 Å². The number of amides is 1. The normalized spacial score (nSPS) is 19.8. The molecule has 0 radical (unpaired) electrons. The fourth-order valence-electron chi connectivity index (χ4n) is 4.85. The Bertz CT molecular complexity index is 1330. The summed E-state index contributed by atoms with van der Waals surface area (Å²) < 4.78 is 42.0. The monoisotopic (exact) mass is 502 g/mol. The maximum absolute atomic E-state index is 13.3. The molecule has 0 N–H and O–H groups in total. The lowest BCUT2D eigenvalue weighted by molar-refractivity contribution is -0.134. The second-order valence-electron chi connectivity index (χ2n) is 8.97. The topological polar surface area (TPSA) is 73.8 Å². The van der Waals surface area contributed by atoms with Crippen LogP contribution in [0.3, 0.4) is 0 Å². The molecule has 2 aliphatic rings. The summed E-state index contributed by atoms with van der Waals surface area (Å²) in [5, 5.41) is 0.956. The highest BCUT2D eigenvalue weighted by molar-refractivity contribution is 7.89. The van der Waals surface area contributed by atoms with Crippen molar-refractivity contribution in [3.63, 3.8) is 0 Å². The Morgan fingerprint density at radius 3 is 2.47 bits per heavy atom. The molecule has 3 aromatic rings.